The Labute approximate surface area is 740 Å². The summed E-state index contributed by atoms with van der Waals surface area (Å²) in [5.41, 5.74) is 10.4. The number of pyridine rings is 4. The number of ether oxygens (including phenoxy) is 2. The third kappa shape index (κ3) is 31.5. The largest absolute Gasteiger partial charge is 2.00 e. The van der Waals surface area contributed by atoms with Gasteiger partial charge in [-0.25, -0.2) is 4.98 Å². The Morgan fingerprint density at radius 3 is 1.14 bits per heavy atom. The van der Waals surface area contributed by atoms with Crippen LogP contribution >= 0.6 is 0 Å². The number of aromatic nitrogens is 6. The fourth-order valence-electron chi connectivity index (χ4n) is 10.2. The topological polar surface area (TPSA) is 153 Å². The van der Waals surface area contributed by atoms with Crippen LogP contribution in [0.4, 0.5) is 0 Å². The number of fused-ring (bicyclic) bond motifs is 12. The minimum atomic E-state index is -0.833. The van der Waals surface area contributed by atoms with Crippen molar-refractivity contribution in [3.05, 3.63) is 206 Å². The summed E-state index contributed by atoms with van der Waals surface area (Å²) >= 11 is 0. The summed E-state index contributed by atoms with van der Waals surface area (Å²) in [7, 11) is 0. The summed E-state index contributed by atoms with van der Waals surface area (Å²) in [5.74, 6) is 107. The van der Waals surface area contributed by atoms with E-state index in [-0.39, 0.29) is 51.7 Å². The standard InChI is InChI=1S/C44H6.C30H25N3O.C30H23N3O.2C2H4O2.2Pd/c1-3-5-7-9-11-13-15-17-19-21-23-25-27-29-31-33-35-37-39-41-43-44-42-40-38-36-34-32-30-28-26-24-22-20-18-16-14-12-10-8-6-4-2;2*1-30(2,3)21-13-14-31-27(18-21)20-7-6-8-22(17-20)34-23-11-12-24-25-9-4-5-10-28(25)33-16-15-32-29(33)26(24)19-23;2*1-2(3)4;;/h1-2H3;4-19H,1-3H3;4-16,18H,1-3H3;2*1H3,(H,3,4);;/q;;-2;;;;+2. The Balaban J connectivity index is 0.000000270. The summed E-state index contributed by atoms with van der Waals surface area (Å²) in [6, 6.07) is 56.2. The maximum atomic E-state index is 9.00. The van der Waals surface area contributed by atoms with Crippen LogP contribution in [0.5, 0.6) is 23.0 Å². The third-order valence-electron chi connectivity index (χ3n) is 15.1. The van der Waals surface area contributed by atoms with Crippen molar-refractivity contribution in [2.24, 2.45) is 0 Å². The number of rotatable bonds is 6. The predicted molar refractivity (Wildman–Crippen MR) is 476 cm³/mol. The fourth-order valence-corrected chi connectivity index (χ4v) is 10.2. The third-order valence-corrected chi connectivity index (χ3v) is 15.1. The molecule has 14 heteroatoms. The van der Waals surface area contributed by atoms with Crippen LogP contribution in [0.25, 0.3) is 77.2 Å². The molecule has 0 bridgehead atoms. The van der Waals surface area contributed by atoms with Gasteiger partial charge in [0, 0.05) is 247 Å². The summed E-state index contributed by atoms with van der Waals surface area (Å²) < 4.78 is 16.8. The first-order valence-corrected chi connectivity index (χ1v) is 35.9. The number of carboxylic acid groups (broad SMARTS) is 2. The van der Waals surface area contributed by atoms with Gasteiger partial charge in [0.25, 0.3) is 11.9 Å². The molecule has 0 fully saturated rings. The van der Waals surface area contributed by atoms with E-state index in [4.69, 9.17) is 29.3 Å². The van der Waals surface area contributed by atoms with Gasteiger partial charge in [0.1, 0.15) is 17.1 Å². The minimum absolute atomic E-state index is 0. The number of carboxylic acids is 2. The normalized spacial score (nSPS) is 8.51. The molecule has 12 nitrogen and oxygen atoms in total. The van der Waals surface area contributed by atoms with Crippen LogP contribution in [0.1, 0.15) is 80.4 Å². The van der Waals surface area contributed by atoms with Gasteiger partial charge in [-0.2, -0.15) is 0 Å². The van der Waals surface area contributed by atoms with E-state index in [1.807, 2.05) is 91.8 Å². The number of imidazole rings is 2. The van der Waals surface area contributed by atoms with Crippen LogP contribution < -0.4 is 9.47 Å². The number of carbonyl (C=O) groups is 2. The zero-order valence-corrected chi connectivity index (χ0v) is 70.3. The van der Waals surface area contributed by atoms with Crippen LogP contribution in [0.15, 0.2) is 183 Å². The molecule has 0 spiro atoms. The van der Waals surface area contributed by atoms with Gasteiger partial charge >= 0.3 is 20.4 Å². The second-order valence-corrected chi connectivity index (χ2v) is 25.7. The second-order valence-electron chi connectivity index (χ2n) is 25.7. The Hall–Kier alpha value is -17.3. The number of benzene rings is 6. The second kappa shape index (κ2) is 50.8. The van der Waals surface area contributed by atoms with E-state index in [2.05, 4.69) is 422 Å². The van der Waals surface area contributed by atoms with Crippen molar-refractivity contribution in [2.75, 3.05) is 0 Å². The molecule has 580 valence electrons. The molecule has 2 N–H and O–H groups in total. The molecule has 0 saturated heterocycles. The maximum absolute atomic E-state index is 9.00. The van der Waals surface area contributed by atoms with Crippen molar-refractivity contribution in [3.63, 3.8) is 0 Å². The zero-order chi connectivity index (χ0) is 85.4. The fraction of sp³-hybridized carbons (Fsp3) is 0.111. The average Bonchev–Trinajstić information content (AvgIpc) is 1.45. The van der Waals surface area contributed by atoms with E-state index >= 15 is 0 Å². The molecule has 0 atom stereocenters. The van der Waals surface area contributed by atoms with Gasteiger partial charge in [-0.3, -0.25) is 24.0 Å². The molecule has 0 aliphatic heterocycles. The molecular formula is C108H62N6O6Pd2. The molecule has 0 radical (unpaired) electrons. The molecule has 0 aliphatic carbocycles. The molecule has 0 saturated carbocycles. The molecule has 6 heterocycles. The molecule has 0 unspecified atom stereocenters. The first kappa shape index (κ1) is 93.5. The summed E-state index contributed by atoms with van der Waals surface area (Å²) in [6.07, 6.45) is 11.4. The molecule has 6 aromatic carbocycles. The zero-order valence-electron chi connectivity index (χ0n) is 67.2. The Kier molecular flexibility index (Phi) is 38.9. The van der Waals surface area contributed by atoms with Crippen LogP contribution in [0.3, 0.4) is 0 Å². The van der Waals surface area contributed by atoms with E-state index < -0.39 is 11.9 Å². The van der Waals surface area contributed by atoms with Gasteiger partial charge < -0.3 is 29.1 Å². The molecule has 122 heavy (non-hydrogen) atoms. The maximum Gasteiger partial charge on any atom is 2.00 e. The van der Waals surface area contributed by atoms with Crippen molar-refractivity contribution >= 4 is 66.6 Å². The molecule has 12 aromatic rings. The number of nitrogens with zero attached hydrogens (tertiary/aromatic N) is 6. The number of hydrogen-bond donors (Lipinski definition) is 2. The van der Waals surface area contributed by atoms with E-state index in [1.165, 1.54) is 21.9 Å². The number of hydrogen-bond acceptors (Lipinski definition) is 8. The van der Waals surface area contributed by atoms with Crippen molar-refractivity contribution in [1.82, 2.24) is 28.7 Å². The van der Waals surface area contributed by atoms with E-state index in [0.717, 1.165) is 91.7 Å². The Morgan fingerprint density at radius 1 is 0.344 bits per heavy atom. The van der Waals surface area contributed by atoms with Crippen molar-refractivity contribution in [2.45, 2.75) is 80.1 Å². The SMILES string of the molecule is CC#CC#CC#CC#CC#CC#CC#CC#CC#CC#CC#CC#CC#CC#CC#CC#CC#CC#CC#CC#CC#CC.CC(=O)O.CC(=O)O.CC(C)(C)c1ccnc(-c2[c-]c(Oc3[c-]c4c(cc3)c3ccccc3n3ccnc43)ccc2)c1.CC(C)(C)c1ccnc(-c2cccc(Oc3ccc4c5ccccc5n5ccnc5c4c3)c2)c1.[Pd+2].[Pd]. The van der Waals surface area contributed by atoms with Crippen LogP contribution in [-0.4, -0.2) is 50.9 Å². The van der Waals surface area contributed by atoms with Gasteiger partial charge in [-0.1, -0.05) is 137 Å². The smallest absolute Gasteiger partial charge is 0.497 e. The molecular weight excluding hydrogens is 1690 g/mol. The minimum Gasteiger partial charge on any atom is -0.497 e. The first-order valence-electron chi connectivity index (χ1n) is 35.9. The summed E-state index contributed by atoms with van der Waals surface area (Å²) in [4.78, 5) is 36.4. The van der Waals surface area contributed by atoms with Crippen LogP contribution in [0, 0.1) is 261 Å². The van der Waals surface area contributed by atoms with Crippen molar-refractivity contribution in [1.29, 1.82) is 0 Å². The van der Waals surface area contributed by atoms with Crippen LogP contribution in [0.2, 0.25) is 0 Å². The molecule has 12 rings (SSSR count). The Morgan fingerprint density at radius 2 is 0.705 bits per heavy atom. The van der Waals surface area contributed by atoms with Crippen molar-refractivity contribution < 1.29 is 70.1 Å². The van der Waals surface area contributed by atoms with E-state index in [0.29, 0.717) is 11.5 Å². The number of aliphatic carboxylic acids is 2. The summed E-state index contributed by atoms with van der Waals surface area (Å²) in [6.45, 7) is 18.8. The van der Waals surface area contributed by atoms with Gasteiger partial charge in [-0.05, 0) is 208 Å². The van der Waals surface area contributed by atoms with Gasteiger partial charge in [-0.15, -0.1) is 29.8 Å². The monoisotopic (exact) mass is 1750 g/mol. The van der Waals surface area contributed by atoms with Gasteiger partial charge in [0.15, 0.2) is 0 Å². The molecule has 6 aromatic heterocycles. The first-order chi connectivity index (χ1) is 58.3. The predicted octanol–water partition coefficient (Wildman–Crippen LogP) is 16.5. The van der Waals surface area contributed by atoms with Crippen LogP contribution in [-0.2, 0) is 61.3 Å². The molecule has 0 aliphatic rings. The van der Waals surface area contributed by atoms with E-state index in [9.17, 15) is 0 Å². The van der Waals surface area contributed by atoms with Gasteiger partial charge in [0.05, 0.1) is 16.9 Å². The summed E-state index contributed by atoms with van der Waals surface area (Å²) in [5, 5.41) is 21.4. The van der Waals surface area contributed by atoms with E-state index in [1.54, 1.807) is 13.8 Å². The van der Waals surface area contributed by atoms with Crippen molar-refractivity contribution in [3.8, 4) is 294 Å². The average molecular weight is 1750 g/mol. The molecule has 0 amide bonds. The van der Waals surface area contributed by atoms with Gasteiger partial charge in [0.2, 0.25) is 0 Å². The number of para-hydroxylation sites is 2. The Bertz CT molecular complexity index is 7100. The quantitative estimate of drug-likeness (QED) is 0.0712.